The van der Waals surface area contributed by atoms with Crippen molar-refractivity contribution in [3.63, 3.8) is 0 Å². The highest BCUT2D eigenvalue weighted by Crippen LogP contribution is 2.08. The molecule has 1 nitrogen and oxygen atoms in total. The molecule has 0 atom stereocenters. The van der Waals surface area contributed by atoms with E-state index in [1.807, 2.05) is 0 Å². The Bertz CT molecular complexity index is 106. The second-order valence-electron chi connectivity index (χ2n) is 4.92. The highest BCUT2D eigenvalue weighted by Gasteiger charge is 2.12. The lowest BCUT2D eigenvalue weighted by Crippen LogP contribution is -2.41. The summed E-state index contributed by atoms with van der Waals surface area (Å²) in [7, 11) is 4.67. The predicted octanol–water partition coefficient (Wildman–Crippen LogP) is 2.91. The smallest absolute Gasteiger partial charge is 0.0782 e. The van der Waals surface area contributed by atoms with Gasteiger partial charge in [-0.3, -0.25) is 0 Å². The number of quaternary nitrogens is 1. The Kier molecular flexibility index (Phi) is 5.56. The van der Waals surface area contributed by atoms with Gasteiger partial charge in [0.05, 0.1) is 27.2 Å². The maximum Gasteiger partial charge on any atom is 0.0782 e. The third kappa shape index (κ3) is 6.66. The van der Waals surface area contributed by atoms with Crippen molar-refractivity contribution < 1.29 is 4.48 Å². The van der Waals surface area contributed by atoms with E-state index in [4.69, 9.17) is 0 Å². The molecule has 0 aromatic carbocycles. The van der Waals surface area contributed by atoms with Crippen LogP contribution in [0.1, 0.15) is 40.0 Å². The topological polar surface area (TPSA) is 0 Å². The molecule has 0 radical (unpaired) electrons. The highest BCUT2D eigenvalue weighted by molar-refractivity contribution is 4.45. The van der Waals surface area contributed by atoms with Crippen molar-refractivity contribution in [2.75, 3.05) is 27.2 Å². The van der Waals surface area contributed by atoms with Crippen LogP contribution in [0.25, 0.3) is 0 Å². The van der Waals surface area contributed by atoms with Gasteiger partial charge in [-0.1, -0.05) is 20.8 Å². The first kappa shape index (κ1) is 12.0. The molecule has 0 saturated heterocycles. The third-order valence-corrected chi connectivity index (χ3v) is 2.37. The summed E-state index contributed by atoms with van der Waals surface area (Å²) in [6.07, 6.45) is 4.06. The first-order valence-electron chi connectivity index (χ1n) is 5.30. The van der Waals surface area contributed by atoms with Gasteiger partial charge in [0.2, 0.25) is 0 Å². The van der Waals surface area contributed by atoms with Crippen molar-refractivity contribution >= 4 is 0 Å². The Hall–Kier alpha value is -0.0400. The van der Waals surface area contributed by atoms with E-state index in [1.165, 1.54) is 36.8 Å². The van der Waals surface area contributed by atoms with Crippen molar-refractivity contribution in [2.24, 2.45) is 5.92 Å². The van der Waals surface area contributed by atoms with Gasteiger partial charge in [-0.15, -0.1) is 0 Å². The van der Waals surface area contributed by atoms with E-state index in [2.05, 4.69) is 34.9 Å². The average molecular weight is 172 g/mol. The van der Waals surface area contributed by atoms with Gasteiger partial charge in [0, 0.05) is 0 Å². The standard InChI is InChI=1S/C11H26N/c1-6-9-12(4,5)10-7-8-11(2)3/h11H,6-10H2,1-5H3/q+1. The van der Waals surface area contributed by atoms with Crippen LogP contribution in [0.5, 0.6) is 0 Å². The van der Waals surface area contributed by atoms with Crippen LogP contribution in [0, 0.1) is 5.92 Å². The van der Waals surface area contributed by atoms with E-state index in [0.717, 1.165) is 5.92 Å². The summed E-state index contributed by atoms with van der Waals surface area (Å²) < 4.78 is 1.20. The summed E-state index contributed by atoms with van der Waals surface area (Å²) in [4.78, 5) is 0. The summed E-state index contributed by atoms with van der Waals surface area (Å²) in [5, 5.41) is 0. The van der Waals surface area contributed by atoms with Crippen LogP contribution < -0.4 is 0 Å². The van der Waals surface area contributed by atoms with Gasteiger partial charge in [0.25, 0.3) is 0 Å². The van der Waals surface area contributed by atoms with Gasteiger partial charge in [0.15, 0.2) is 0 Å². The molecule has 0 aliphatic heterocycles. The molecule has 0 aliphatic rings. The minimum Gasteiger partial charge on any atom is -0.328 e. The minimum absolute atomic E-state index is 0.867. The van der Waals surface area contributed by atoms with Gasteiger partial charge in [-0.05, 0) is 25.2 Å². The van der Waals surface area contributed by atoms with Gasteiger partial charge in [-0.25, -0.2) is 0 Å². The van der Waals surface area contributed by atoms with Crippen LogP contribution >= 0.6 is 0 Å². The summed E-state index contributed by atoms with van der Waals surface area (Å²) in [6.45, 7) is 9.53. The van der Waals surface area contributed by atoms with Crippen molar-refractivity contribution in [1.29, 1.82) is 0 Å². The first-order valence-corrected chi connectivity index (χ1v) is 5.30. The van der Waals surface area contributed by atoms with Crippen LogP contribution in [0.2, 0.25) is 0 Å². The fourth-order valence-corrected chi connectivity index (χ4v) is 1.64. The number of nitrogens with zero attached hydrogens (tertiary/aromatic N) is 1. The summed E-state index contributed by atoms with van der Waals surface area (Å²) in [5.74, 6) is 0.867. The molecule has 0 aromatic heterocycles. The van der Waals surface area contributed by atoms with Crippen LogP contribution in [-0.4, -0.2) is 31.7 Å². The van der Waals surface area contributed by atoms with Crippen molar-refractivity contribution in [2.45, 2.75) is 40.0 Å². The molecule has 0 aliphatic carbocycles. The maximum atomic E-state index is 2.34. The summed E-state index contributed by atoms with van der Waals surface area (Å²) in [5.41, 5.74) is 0. The van der Waals surface area contributed by atoms with Gasteiger partial charge in [-0.2, -0.15) is 0 Å². The van der Waals surface area contributed by atoms with Crippen LogP contribution in [0.3, 0.4) is 0 Å². The van der Waals surface area contributed by atoms with Crippen LogP contribution in [-0.2, 0) is 0 Å². The molecule has 0 amide bonds. The quantitative estimate of drug-likeness (QED) is 0.540. The molecular formula is C11H26N+. The lowest BCUT2D eigenvalue weighted by atomic mass is 10.1. The van der Waals surface area contributed by atoms with Gasteiger partial charge in [0.1, 0.15) is 0 Å². The molecule has 0 bridgehead atoms. The summed E-state index contributed by atoms with van der Waals surface area (Å²) in [6, 6.07) is 0. The SMILES string of the molecule is CCC[N+](C)(C)CCCC(C)C. The number of hydrogen-bond donors (Lipinski definition) is 0. The molecule has 0 rings (SSSR count). The maximum absolute atomic E-state index is 2.34. The molecular weight excluding hydrogens is 146 g/mol. The van der Waals surface area contributed by atoms with E-state index in [-0.39, 0.29) is 0 Å². The van der Waals surface area contributed by atoms with Gasteiger partial charge >= 0.3 is 0 Å². The van der Waals surface area contributed by atoms with Crippen LogP contribution in [0.4, 0.5) is 0 Å². The van der Waals surface area contributed by atoms with Crippen molar-refractivity contribution in [3.05, 3.63) is 0 Å². The second-order valence-corrected chi connectivity index (χ2v) is 4.92. The lowest BCUT2D eigenvalue weighted by molar-refractivity contribution is -0.890. The first-order chi connectivity index (χ1) is 5.48. The van der Waals surface area contributed by atoms with E-state index in [1.54, 1.807) is 0 Å². The zero-order chi connectivity index (χ0) is 9.61. The lowest BCUT2D eigenvalue weighted by Gasteiger charge is -2.29. The Morgan fingerprint density at radius 3 is 2.08 bits per heavy atom. The zero-order valence-electron chi connectivity index (χ0n) is 9.56. The molecule has 74 valence electrons. The van der Waals surface area contributed by atoms with E-state index in [0.29, 0.717) is 0 Å². The fraction of sp³-hybridized carbons (Fsp3) is 1.00. The third-order valence-electron chi connectivity index (χ3n) is 2.37. The van der Waals surface area contributed by atoms with E-state index in [9.17, 15) is 0 Å². The molecule has 0 N–H and O–H groups in total. The van der Waals surface area contributed by atoms with E-state index < -0.39 is 0 Å². The predicted molar refractivity (Wildman–Crippen MR) is 56.2 cm³/mol. The minimum atomic E-state index is 0.867. The second kappa shape index (κ2) is 5.58. The number of rotatable bonds is 6. The molecule has 0 spiro atoms. The van der Waals surface area contributed by atoms with Gasteiger partial charge < -0.3 is 4.48 Å². The molecule has 0 heterocycles. The molecule has 0 saturated carbocycles. The fourth-order valence-electron chi connectivity index (χ4n) is 1.64. The van der Waals surface area contributed by atoms with Crippen molar-refractivity contribution in [1.82, 2.24) is 0 Å². The molecule has 0 fully saturated rings. The summed E-state index contributed by atoms with van der Waals surface area (Å²) >= 11 is 0. The Morgan fingerprint density at radius 1 is 1.08 bits per heavy atom. The van der Waals surface area contributed by atoms with E-state index >= 15 is 0 Å². The van der Waals surface area contributed by atoms with Crippen LogP contribution in [0.15, 0.2) is 0 Å². The molecule has 0 aromatic rings. The zero-order valence-corrected chi connectivity index (χ0v) is 9.56. The Morgan fingerprint density at radius 2 is 1.67 bits per heavy atom. The highest BCUT2D eigenvalue weighted by atomic mass is 15.3. The Balaban J connectivity index is 3.46. The molecule has 1 heteroatoms. The largest absolute Gasteiger partial charge is 0.328 e. The Labute approximate surface area is 78.4 Å². The monoisotopic (exact) mass is 172 g/mol. The van der Waals surface area contributed by atoms with Crippen molar-refractivity contribution in [3.8, 4) is 0 Å². The normalized spacial score (nSPS) is 12.5. The number of hydrogen-bond acceptors (Lipinski definition) is 0. The average Bonchev–Trinajstić information content (AvgIpc) is 1.85. The molecule has 12 heavy (non-hydrogen) atoms. The molecule has 0 unspecified atom stereocenters.